The molecule has 3 heteroatoms. The first-order valence-electron chi connectivity index (χ1n) is 4.60. The molecule has 0 bridgehead atoms. The number of allylic oxidation sites excluding steroid dienone is 3. The highest BCUT2D eigenvalue weighted by molar-refractivity contribution is 5.88. The average molecular weight is 196 g/mol. The van der Waals surface area contributed by atoms with E-state index in [4.69, 9.17) is 0 Å². The second-order valence-corrected chi connectivity index (χ2v) is 2.77. The minimum Gasteiger partial charge on any atom is -0.466 e. The second-order valence-electron chi connectivity index (χ2n) is 2.77. The third-order valence-corrected chi connectivity index (χ3v) is 1.71. The van der Waals surface area contributed by atoms with Gasteiger partial charge in [-0.1, -0.05) is 18.2 Å². The van der Waals surface area contributed by atoms with Gasteiger partial charge in [0.25, 0.3) is 0 Å². The van der Waals surface area contributed by atoms with E-state index < -0.39 is 0 Å². The van der Waals surface area contributed by atoms with E-state index in [1.165, 1.54) is 7.11 Å². The number of methoxy groups -OCH3 is 1. The van der Waals surface area contributed by atoms with Gasteiger partial charge in [0.05, 0.1) is 7.11 Å². The Hall–Kier alpha value is -1.38. The minimum atomic E-state index is -0.325. The Morgan fingerprint density at radius 1 is 1.43 bits per heavy atom. The smallest absolute Gasteiger partial charge is 0.333 e. The van der Waals surface area contributed by atoms with Gasteiger partial charge in [-0.05, 0) is 19.8 Å². The zero-order chi connectivity index (χ0) is 10.8. The molecule has 3 nitrogen and oxygen atoms in total. The molecule has 0 rings (SSSR count). The number of ether oxygens (including phenoxy) is 1. The van der Waals surface area contributed by atoms with Crippen molar-refractivity contribution in [3.63, 3.8) is 0 Å². The highest BCUT2D eigenvalue weighted by atomic mass is 16.5. The molecule has 0 amide bonds. The van der Waals surface area contributed by atoms with Crippen LogP contribution in [0.2, 0.25) is 0 Å². The summed E-state index contributed by atoms with van der Waals surface area (Å²) in [7, 11) is 1.35. The Balaban J connectivity index is 4.24. The van der Waals surface area contributed by atoms with Gasteiger partial charge in [-0.25, -0.2) is 4.79 Å². The zero-order valence-electron chi connectivity index (χ0n) is 8.66. The van der Waals surface area contributed by atoms with Crippen molar-refractivity contribution < 1.29 is 14.3 Å². The highest BCUT2D eigenvalue weighted by Gasteiger charge is 2.07. The van der Waals surface area contributed by atoms with Gasteiger partial charge in [-0.15, -0.1) is 0 Å². The monoisotopic (exact) mass is 196 g/mol. The Bertz CT molecular complexity index is 239. The predicted molar refractivity (Wildman–Crippen MR) is 54.8 cm³/mol. The van der Waals surface area contributed by atoms with E-state index in [2.05, 4.69) is 4.74 Å². The number of hydrogen-bond acceptors (Lipinski definition) is 3. The molecule has 0 aromatic heterocycles. The van der Waals surface area contributed by atoms with Crippen molar-refractivity contribution in [2.45, 2.75) is 26.2 Å². The van der Waals surface area contributed by atoms with Crippen LogP contribution in [0.5, 0.6) is 0 Å². The summed E-state index contributed by atoms with van der Waals surface area (Å²) in [6.45, 7) is 1.87. The molecule has 78 valence electrons. The van der Waals surface area contributed by atoms with E-state index >= 15 is 0 Å². The van der Waals surface area contributed by atoms with E-state index in [1.807, 2.05) is 13.0 Å². The van der Waals surface area contributed by atoms with Gasteiger partial charge in [0, 0.05) is 12.0 Å². The Morgan fingerprint density at radius 2 is 2.14 bits per heavy atom. The topological polar surface area (TPSA) is 43.4 Å². The minimum absolute atomic E-state index is 0.325. The molecular formula is C11H16O3. The van der Waals surface area contributed by atoms with Gasteiger partial charge in [0.15, 0.2) is 0 Å². The summed E-state index contributed by atoms with van der Waals surface area (Å²) in [5, 5.41) is 0. The van der Waals surface area contributed by atoms with Crippen LogP contribution in [0.4, 0.5) is 0 Å². The van der Waals surface area contributed by atoms with Crippen LogP contribution in [0.25, 0.3) is 0 Å². The molecular weight excluding hydrogens is 180 g/mol. The SMILES string of the molecule is C/C=C\C=C(\CCCC=O)C(=O)OC. The van der Waals surface area contributed by atoms with Crippen molar-refractivity contribution in [3.8, 4) is 0 Å². The Kier molecular flexibility index (Phi) is 7.42. The van der Waals surface area contributed by atoms with Crippen LogP contribution in [-0.2, 0) is 14.3 Å². The van der Waals surface area contributed by atoms with Crippen molar-refractivity contribution in [2.75, 3.05) is 7.11 Å². The van der Waals surface area contributed by atoms with E-state index in [-0.39, 0.29) is 5.97 Å². The van der Waals surface area contributed by atoms with Crippen molar-refractivity contribution in [1.82, 2.24) is 0 Å². The average Bonchev–Trinajstić information content (AvgIpc) is 2.22. The maximum Gasteiger partial charge on any atom is 0.333 e. The molecule has 0 N–H and O–H groups in total. The molecule has 0 saturated carbocycles. The standard InChI is InChI=1S/C11H16O3/c1-3-4-7-10(11(13)14-2)8-5-6-9-12/h3-4,7,9H,5-6,8H2,1-2H3/b4-3-,10-7-. The lowest BCUT2D eigenvalue weighted by molar-refractivity contribution is -0.136. The number of hydrogen-bond donors (Lipinski definition) is 0. The molecule has 0 unspecified atom stereocenters. The maximum atomic E-state index is 11.2. The van der Waals surface area contributed by atoms with Gasteiger partial charge in [0.2, 0.25) is 0 Å². The molecule has 0 atom stereocenters. The summed E-state index contributed by atoms with van der Waals surface area (Å²) < 4.78 is 4.61. The summed E-state index contributed by atoms with van der Waals surface area (Å²) in [5.41, 5.74) is 0.604. The fourth-order valence-electron chi connectivity index (χ4n) is 0.973. The normalized spacial score (nSPS) is 11.7. The van der Waals surface area contributed by atoms with Crippen molar-refractivity contribution in [1.29, 1.82) is 0 Å². The number of esters is 1. The summed E-state index contributed by atoms with van der Waals surface area (Å²) in [5.74, 6) is -0.325. The van der Waals surface area contributed by atoms with Gasteiger partial charge >= 0.3 is 5.97 Å². The second kappa shape index (κ2) is 8.23. The van der Waals surface area contributed by atoms with Crippen LogP contribution in [0.3, 0.4) is 0 Å². The first-order valence-corrected chi connectivity index (χ1v) is 4.60. The fourth-order valence-corrected chi connectivity index (χ4v) is 0.973. The predicted octanol–water partition coefficient (Wildman–Crippen LogP) is 2.03. The van der Waals surface area contributed by atoms with E-state index in [0.29, 0.717) is 24.8 Å². The molecule has 0 heterocycles. The Morgan fingerprint density at radius 3 is 2.64 bits per heavy atom. The third-order valence-electron chi connectivity index (χ3n) is 1.71. The number of aldehydes is 1. The lowest BCUT2D eigenvalue weighted by atomic mass is 10.1. The molecule has 0 aliphatic carbocycles. The lowest BCUT2D eigenvalue weighted by Crippen LogP contribution is -2.04. The molecule has 0 aromatic rings. The van der Waals surface area contributed by atoms with E-state index in [0.717, 1.165) is 6.29 Å². The molecule has 0 aromatic carbocycles. The van der Waals surface area contributed by atoms with Crippen molar-refractivity contribution in [3.05, 3.63) is 23.8 Å². The third kappa shape index (κ3) is 5.30. The number of rotatable bonds is 6. The van der Waals surface area contributed by atoms with Crippen LogP contribution in [0.1, 0.15) is 26.2 Å². The number of unbranched alkanes of at least 4 members (excludes halogenated alkanes) is 1. The molecule has 14 heavy (non-hydrogen) atoms. The van der Waals surface area contributed by atoms with Crippen LogP contribution in [0, 0.1) is 0 Å². The fraction of sp³-hybridized carbons (Fsp3) is 0.455. The van der Waals surface area contributed by atoms with E-state index in [1.54, 1.807) is 12.2 Å². The van der Waals surface area contributed by atoms with Gasteiger partial charge in [-0.3, -0.25) is 0 Å². The first-order chi connectivity index (χ1) is 6.76. The van der Waals surface area contributed by atoms with Gasteiger partial charge < -0.3 is 9.53 Å². The molecule has 0 fully saturated rings. The summed E-state index contributed by atoms with van der Waals surface area (Å²) in [4.78, 5) is 21.3. The summed E-state index contributed by atoms with van der Waals surface area (Å²) in [6, 6.07) is 0. The molecule has 0 saturated heterocycles. The molecule has 0 aliphatic heterocycles. The van der Waals surface area contributed by atoms with Crippen LogP contribution in [-0.4, -0.2) is 19.4 Å². The first kappa shape index (κ1) is 12.6. The van der Waals surface area contributed by atoms with Gasteiger partial charge in [-0.2, -0.15) is 0 Å². The van der Waals surface area contributed by atoms with Crippen LogP contribution >= 0.6 is 0 Å². The lowest BCUT2D eigenvalue weighted by Gasteiger charge is -2.02. The van der Waals surface area contributed by atoms with Crippen LogP contribution in [0.15, 0.2) is 23.8 Å². The molecule has 0 spiro atoms. The maximum absolute atomic E-state index is 11.2. The summed E-state index contributed by atoms with van der Waals surface area (Å²) >= 11 is 0. The highest BCUT2D eigenvalue weighted by Crippen LogP contribution is 2.08. The van der Waals surface area contributed by atoms with Gasteiger partial charge in [0.1, 0.15) is 6.29 Å². The number of carbonyl (C=O) groups excluding carboxylic acids is 2. The molecule has 0 aliphatic rings. The largest absolute Gasteiger partial charge is 0.466 e. The van der Waals surface area contributed by atoms with Crippen molar-refractivity contribution >= 4 is 12.3 Å². The quantitative estimate of drug-likeness (QED) is 0.215. The van der Waals surface area contributed by atoms with E-state index in [9.17, 15) is 9.59 Å². The summed E-state index contributed by atoms with van der Waals surface area (Å²) in [6.07, 6.45) is 7.93. The van der Waals surface area contributed by atoms with Crippen LogP contribution < -0.4 is 0 Å². The number of carbonyl (C=O) groups is 2. The Labute approximate surface area is 84.4 Å². The zero-order valence-corrected chi connectivity index (χ0v) is 8.66. The molecule has 0 radical (unpaired) electrons. The van der Waals surface area contributed by atoms with Crippen molar-refractivity contribution in [2.24, 2.45) is 0 Å².